The molecule has 0 heterocycles. The van der Waals surface area contributed by atoms with Gasteiger partial charge in [-0.25, -0.2) is 0 Å². The van der Waals surface area contributed by atoms with Gasteiger partial charge in [0.15, 0.2) is 0 Å². The molecule has 1 atom stereocenters. The Labute approximate surface area is 109 Å². The second-order valence-electron chi connectivity index (χ2n) is 5.18. The minimum absolute atomic E-state index is 0.217. The number of carbonyl (C=O) groups is 1. The fourth-order valence-electron chi connectivity index (χ4n) is 2.47. The standard InChI is InChI=1S/C15H23NO2/c1-11(2)16(12(3)4)14(15(17)18)10-13-8-6-5-7-9-13/h5-9,11-12,14H,10H2,1-4H3,(H,17,18)/t14-/m0/s1. The summed E-state index contributed by atoms with van der Waals surface area (Å²) in [4.78, 5) is 13.6. The van der Waals surface area contributed by atoms with Crippen LogP contribution in [0, 0.1) is 0 Å². The third-order valence-corrected chi connectivity index (χ3v) is 3.11. The minimum atomic E-state index is -0.749. The lowest BCUT2D eigenvalue weighted by Gasteiger charge is -2.35. The van der Waals surface area contributed by atoms with Gasteiger partial charge in [0.1, 0.15) is 6.04 Å². The summed E-state index contributed by atoms with van der Waals surface area (Å²) in [6, 6.07) is 9.77. The molecule has 0 bridgehead atoms. The van der Waals surface area contributed by atoms with Crippen LogP contribution in [0.4, 0.5) is 0 Å². The van der Waals surface area contributed by atoms with E-state index in [0.29, 0.717) is 6.42 Å². The first-order chi connectivity index (χ1) is 8.43. The molecule has 0 radical (unpaired) electrons. The zero-order valence-corrected chi connectivity index (χ0v) is 11.6. The van der Waals surface area contributed by atoms with Crippen molar-refractivity contribution in [2.75, 3.05) is 0 Å². The smallest absolute Gasteiger partial charge is 0.321 e. The maximum atomic E-state index is 11.5. The summed E-state index contributed by atoms with van der Waals surface area (Å²) in [5, 5.41) is 9.46. The predicted octanol–water partition coefficient (Wildman–Crippen LogP) is 2.80. The van der Waals surface area contributed by atoms with E-state index < -0.39 is 12.0 Å². The Kier molecular flexibility index (Phi) is 5.35. The second-order valence-corrected chi connectivity index (χ2v) is 5.18. The molecule has 0 aliphatic carbocycles. The van der Waals surface area contributed by atoms with Crippen LogP contribution >= 0.6 is 0 Å². The topological polar surface area (TPSA) is 40.5 Å². The SMILES string of the molecule is CC(C)N(C(C)C)[C@@H](Cc1ccccc1)C(=O)O. The average molecular weight is 249 g/mol. The Balaban J connectivity index is 2.92. The summed E-state index contributed by atoms with van der Waals surface area (Å²) >= 11 is 0. The van der Waals surface area contributed by atoms with Gasteiger partial charge >= 0.3 is 5.97 Å². The number of hydrogen-bond acceptors (Lipinski definition) is 2. The molecule has 1 aromatic rings. The van der Waals surface area contributed by atoms with Crippen molar-refractivity contribution in [3.8, 4) is 0 Å². The fourth-order valence-corrected chi connectivity index (χ4v) is 2.47. The molecular formula is C15H23NO2. The summed E-state index contributed by atoms with van der Waals surface area (Å²) in [6.45, 7) is 8.17. The first-order valence-corrected chi connectivity index (χ1v) is 6.47. The van der Waals surface area contributed by atoms with Gasteiger partial charge in [0.05, 0.1) is 0 Å². The van der Waals surface area contributed by atoms with E-state index in [1.165, 1.54) is 0 Å². The fraction of sp³-hybridized carbons (Fsp3) is 0.533. The predicted molar refractivity (Wildman–Crippen MR) is 73.7 cm³/mol. The highest BCUT2D eigenvalue weighted by Gasteiger charge is 2.29. The van der Waals surface area contributed by atoms with Crippen molar-refractivity contribution in [2.45, 2.75) is 52.2 Å². The molecule has 1 aromatic carbocycles. The summed E-state index contributed by atoms with van der Waals surface area (Å²) < 4.78 is 0. The Morgan fingerprint density at radius 2 is 1.61 bits per heavy atom. The van der Waals surface area contributed by atoms with E-state index in [1.54, 1.807) is 0 Å². The van der Waals surface area contributed by atoms with Crippen molar-refractivity contribution in [2.24, 2.45) is 0 Å². The normalized spacial score (nSPS) is 13.3. The molecule has 0 unspecified atom stereocenters. The molecule has 0 fully saturated rings. The maximum Gasteiger partial charge on any atom is 0.321 e. The largest absolute Gasteiger partial charge is 0.480 e. The quantitative estimate of drug-likeness (QED) is 0.842. The van der Waals surface area contributed by atoms with Gasteiger partial charge in [-0.1, -0.05) is 30.3 Å². The Morgan fingerprint density at radius 3 is 2.00 bits per heavy atom. The van der Waals surface area contributed by atoms with Crippen LogP contribution in [0.5, 0.6) is 0 Å². The van der Waals surface area contributed by atoms with Crippen molar-refractivity contribution >= 4 is 5.97 Å². The van der Waals surface area contributed by atoms with Crippen molar-refractivity contribution in [3.05, 3.63) is 35.9 Å². The molecule has 1 rings (SSSR count). The van der Waals surface area contributed by atoms with Crippen LogP contribution in [0.2, 0.25) is 0 Å². The van der Waals surface area contributed by atoms with Crippen molar-refractivity contribution < 1.29 is 9.90 Å². The lowest BCUT2D eigenvalue weighted by atomic mass is 10.0. The Morgan fingerprint density at radius 1 is 1.11 bits per heavy atom. The second kappa shape index (κ2) is 6.55. The Bertz CT molecular complexity index is 365. The molecule has 0 saturated carbocycles. The van der Waals surface area contributed by atoms with E-state index in [2.05, 4.69) is 4.90 Å². The van der Waals surface area contributed by atoms with Gasteiger partial charge in [-0.2, -0.15) is 0 Å². The van der Waals surface area contributed by atoms with Crippen molar-refractivity contribution in [1.29, 1.82) is 0 Å². The average Bonchev–Trinajstić information content (AvgIpc) is 2.28. The number of rotatable bonds is 6. The van der Waals surface area contributed by atoms with Crippen LogP contribution in [0.1, 0.15) is 33.3 Å². The number of benzene rings is 1. The molecule has 0 saturated heterocycles. The monoisotopic (exact) mass is 249 g/mol. The van der Waals surface area contributed by atoms with E-state index in [4.69, 9.17) is 0 Å². The molecule has 100 valence electrons. The highest BCUT2D eigenvalue weighted by atomic mass is 16.4. The van der Waals surface area contributed by atoms with Crippen molar-refractivity contribution in [1.82, 2.24) is 4.90 Å². The van der Waals surface area contributed by atoms with Gasteiger partial charge in [0, 0.05) is 12.1 Å². The lowest BCUT2D eigenvalue weighted by Crippen LogP contribution is -2.50. The lowest BCUT2D eigenvalue weighted by molar-refractivity contribution is -0.145. The molecule has 3 heteroatoms. The van der Waals surface area contributed by atoms with Crippen LogP contribution in [0.25, 0.3) is 0 Å². The zero-order chi connectivity index (χ0) is 13.7. The first kappa shape index (κ1) is 14.7. The van der Waals surface area contributed by atoms with Crippen molar-refractivity contribution in [3.63, 3.8) is 0 Å². The summed E-state index contributed by atoms with van der Waals surface area (Å²) in [5.74, 6) is -0.749. The molecule has 3 nitrogen and oxygen atoms in total. The number of carboxylic acid groups (broad SMARTS) is 1. The van der Waals surface area contributed by atoms with Crippen LogP contribution in [0.15, 0.2) is 30.3 Å². The summed E-state index contributed by atoms with van der Waals surface area (Å²) in [5.41, 5.74) is 1.07. The molecule has 18 heavy (non-hydrogen) atoms. The maximum absolute atomic E-state index is 11.5. The third kappa shape index (κ3) is 3.84. The zero-order valence-electron chi connectivity index (χ0n) is 11.6. The number of aliphatic carboxylic acids is 1. The van der Waals surface area contributed by atoms with Gasteiger partial charge < -0.3 is 5.11 Å². The molecule has 0 amide bonds. The van der Waals surface area contributed by atoms with E-state index in [-0.39, 0.29) is 12.1 Å². The first-order valence-electron chi connectivity index (χ1n) is 6.47. The van der Waals surface area contributed by atoms with E-state index in [9.17, 15) is 9.90 Å². The number of hydrogen-bond donors (Lipinski definition) is 1. The third-order valence-electron chi connectivity index (χ3n) is 3.11. The van der Waals surface area contributed by atoms with Gasteiger partial charge in [0.2, 0.25) is 0 Å². The van der Waals surface area contributed by atoms with E-state index >= 15 is 0 Å². The Hall–Kier alpha value is -1.35. The van der Waals surface area contributed by atoms with Crippen LogP contribution in [0.3, 0.4) is 0 Å². The van der Waals surface area contributed by atoms with Crippen LogP contribution < -0.4 is 0 Å². The molecular weight excluding hydrogens is 226 g/mol. The van der Waals surface area contributed by atoms with Gasteiger partial charge in [-0.3, -0.25) is 9.69 Å². The number of carboxylic acids is 1. The van der Waals surface area contributed by atoms with Gasteiger partial charge in [-0.15, -0.1) is 0 Å². The molecule has 0 aliphatic rings. The van der Waals surface area contributed by atoms with Gasteiger partial charge in [0.25, 0.3) is 0 Å². The molecule has 1 N–H and O–H groups in total. The van der Waals surface area contributed by atoms with Crippen LogP contribution in [-0.4, -0.2) is 34.1 Å². The molecule has 0 aromatic heterocycles. The summed E-state index contributed by atoms with van der Waals surface area (Å²) in [6.07, 6.45) is 0.548. The molecule has 0 aliphatic heterocycles. The van der Waals surface area contributed by atoms with E-state index in [0.717, 1.165) is 5.56 Å². The highest BCUT2D eigenvalue weighted by Crippen LogP contribution is 2.16. The molecule has 0 spiro atoms. The summed E-state index contributed by atoms with van der Waals surface area (Å²) in [7, 11) is 0. The van der Waals surface area contributed by atoms with Crippen LogP contribution in [-0.2, 0) is 11.2 Å². The highest BCUT2D eigenvalue weighted by molar-refractivity contribution is 5.74. The van der Waals surface area contributed by atoms with Gasteiger partial charge in [-0.05, 0) is 39.7 Å². The minimum Gasteiger partial charge on any atom is -0.480 e. The number of nitrogens with zero attached hydrogens (tertiary/aromatic N) is 1. The van der Waals surface area contributed by atoms with E-state index in [1.807, 2.05) is 58.0 Å².